The van der Waals surface area contributed by atoms with Crippen molar-refractivity contribution in [3.05, 3.63) is 18.3 Å². The number of rotatable bonds is 4. The average Bonchev–Trinajstić information content (AvgIpc) is 3.08. The van der Waals surface area contributed by atoms with Crippen molar-refractivity contribution in [2.45, 2.75) is 25.3 Å². The molecule has 2 N–H and O–H groups in total. The van der Waals surface area contributed by atoms with Crippen LogP contribution in [0.3, 0.4) is 0 Å². The quantitative estimate of drug-likeness (QED) is 0.895. The molecule has 1 aliphatic rings. The number of piperidine rings is 1. The highest BCUT2D eigenvalue weighted by atomic mass is 16.5. The summed E-state index contributed by atoms with van der Waals surface area (Å²) in [5.41, 5.74) is 6.98. The van der Waals surface area contributed by atoms with Gasteiger partial charge in [-0.15, -0.1) is 0 Å². The second kappa shape index (κ2) is 5.72. The van der Waals surface area contributed by atoms with E-state index in [2.05, 4.69) is 20.0 Å². The van der Waals surface area contributed by atoms with Gasteiger partial charge in [0.25, 0.3) is 5.89 Å². The van der Waals surface area contributed by atoms with Gasteiger partial charge in [0.2, 0.25) is 0 Å². The highest BCUT2D eigenvalue weighted by Crippen LogP contribution is 2.19. The number of nitrogens with two attached hydrogens (primary N) is 1. The van der Waals surface area contributed by atoms with E-state index in [9.17, 15) is 0 Å². The largest absolute Gasteiger partial charge is 0.332 e. The molecule has 1 fully saturated rings. The molecule has 2 aromatic rings. The Kier molecular flexibility index (Phi) is 3.79. The van der Waals surface area contributed by atoms with Crippen molar-refractivity contribution in [1.82, 2.24) is 24.6 Å². The first-order chi connectivity index (χ1) is 9.74. The predicted octanol–water partition coefficient (Wildman–Crippen LogP) is 0.956. The molecule has 0 amide bonds. The molecule has 20 heavy (non-hydrogen) atoms. The molecule has 0 aromatic carbocycles. The molecule has 0 spiro atoms. The number of hydrogen-bond acceptors (Lipinski definition) is 6. The molecule has 0 saturated carbocycles. The van der Waals surface area contributed by atoms with Crippen LogP contribution in [0.15, 0.2) is 17.0 Å². The van der Waals surface area contributed by atoms with Gasteiger partial charge in [-0.3, -0.25) is 0 Å². The standard InChI is InChI=1S/C13H20N6O/c1-18-9-15-7-11(18)13-16-12(17-20-13)10(14)8-19-5-3-2-4-6-19/h7,9-10H,2-6,8,14H2,1H3. The summed E-state index contributed by atoms with van der Waals surface area (Å²) in [6, 6.07) is -0.209. The molecule has 3 rings (SSSR count). The molecule has 3 heterocycles. The van der Waals surface area contributed by atoms with E-state index >= 15 is 0 Å². The SMILES string of the molecule is Cn1cncc1-c1nc(C(N)CN2CCCCC2)no1. The average molecular weight is 276 g/mol. The molecule has 1 aliphatic heterocycles. The smallest absolute Gasteiger partial charge is 0.276 e. The number of aryl methyl sites for hydroxylation is 1. The fraction of sp³-hybridized carbons (Fsp3) is 0.615. The van der Waals surface area contributed by atoms with Gasteiger partial charge in [-0.1, -0.05) is 11.6 Å². The summed E-state index contributed by atoms with van der Waals surface area (Å²) in [6.07, 6.45) is 7.22. The molecular formula is C13H20N6O. The van der Waals surface area contributed by atoms with E-state index < -0.39 is 0 Å². The zero-order valence-corrected chi connectivity index (χ0v) is 11.7. The minimum Gasteiger partial charge on any atom is -0.332 e. The molecule has 2 aromatic heterocycles. The molecule has 1 atom stereocenters. The highest BCUT2D eigenvalue weighted by Gasteiger charge is 2.20. The molecule has 7 nitrogen and oxygen atoms in total. The normalized spacial score (nSPS) is 18.3. The molecule has 0 aliphatic carbocycles. The van der Waals surface area contributed by atoms with Crippen LogP contribution in [0.25, 0.3) is 11.6 Å². The number of nitrogens with zero attached hydrogens (tertiary/aromatic N) is 5. The van der Waals surface area contributed by atoms with Gasteiger partial charge in [0.05, 0.1) is 18.6 Å². The maximum atomic E-state index is 6.18. The fourth-order valence-electron chi connectivity index (χ4n) is 2.55. The summed E-state index contributed by atoms with van der Waals surface area (Å²) in [5, 5.41) is 4.00. The van der Waals surface area contributed by atoms with Crippen LogP contribution in [0.5, 0.6) is 0 Å². The third kappa shape index (κ3) is 2.73. The topological polar surface area (TPSA) is 86.0 Å². The Labute approximate surface area is 117 Å². The van der Waals surface area contributed by atoms with E-state index in [1.165, 1.54) is 19.3 Å². The maximum Gasteiger partial charge on any atom is 0.276 e. The summed E-state index contributed by atoms with van der Waals surface area (Å²) in [4.78, 5) is 10.8. The molecule has 0 bridgehead atoms. The second-order valence-corrected chi connectivity index (χ2v) is 5.32. The van der Waals surface area contributed by atoms with Gasteiger partial charge in [0.1, 0.15) is 5.69 Å². The van der Waals surface area contributed by atoms with Crippen LogP contribution in [0.1, 0.15) is 31.1 Å². The number of imidazole rings is 1. The van der Waals surface area contributed by atoms with Crippen LogP contribution < -0.4 is 5.73 Å². The van der Waals surface area contributed by atoms with Gasteiger partial charge >= 0.3 is 0 Å². The lowest BCUT2D eigenvalue weighted by atomic mass is 10.1. The number of likely N-dealkylation sites (tertiary alicyclic amines) is 1. The number of aromatic nitrogens is 4. The lowest BCUT2D eigenvalue weighted by Crippen LogP contribution is -2.36. The monoisotopic (exact) mass is 276 g/mol. The van der Waals surface area contributed by atoms with E-state index in [4.69, 9.17) is 10.3 Å². The molecule has 108 valence electrons. The minimum atomic E-state index is -0.209. The maximum absolute atomic E-state index is 6.18. The first-order valence-electron chi connectivity index (χ1n) is 7.02. The second-order valence-electron chi connectivity index (χ2n) is 5.32. The molecular weight excluding hydrogens is 256 g/mol. The lowest BCUT2D eigenvalue weighted by Gasteiger charge is -2.27. The Balaban J connectivity index is 1.68. The van der Waals surface area contributed by atoms with Crippen LogP contribution in [0, 0.1) is 0 Å². The Bertz CT molecular complexity index is 557. The van der Waals surface area contributed by atoms with Crippen LogP contribution in [-0.4, -0.2) is 44.2 Å². The van der Waals surface area contributed by atoms with Crippen molar-refractivity contribution in [2.75, 3.05) is 19.6 Å². The van der Waals surface area contributed by atoms with E-state index in [0.717, 1.165) is 25.3 Å². The van der Waals surface area contributed by atoms with E-state index in [1.54, 1.807) is 12.5 Å². The van der Waals surface area contributed by atoms with Crippen LogP contribution in [0.2, 0.25) is 0 Å². The zero-order valence-electron chi connectivity index (χ0n) is 11.7. The van der Waals surface area contributed by atoms with Crippen LogP contribution in [0.4, 0.5) is 0 Å². The van der Waals surface area contributed by atoms with Crippen molar-refractivity contribution >= 4 is 0 Å². The van der Waals surface area contributed by atoms with Gasteiger partial charge in [0, 0.05) is 13.6 Å². The third-order valence-electron chi connectivity index (χ3n) is 3.71. The summed E-state index contributed by atoms with van der Waals surface area (Å²) in [7, 11) is 1.89. The van der Waals surface area contributed by atoms with Crippen molar-refractivity contribution in [2.24, 2.45) is 12.8 Å². The van der Waals surface area contributed by atoms with Crippen molar-refractivity contribution in [3.8, 4) is 11.6 Å². The summed E-state index contributed by atoms with van der Waals surface area (Å²) < 4.78 is 7.12. The molecule has 1 unspecified atom stereocenters. The van der Waals surface area contributed by atoms with Gasteiger partial charge in [-0.05, 0) is 25.9 Å². The van der Waals surface area contributed by atoms with Crippen molar-refractivity contribution < 1.29 is 4.52 Å². The van der Waals surface area contributed by atoms with Crippen LogP contribution >= 0.6 is 0 Å². The Morgan fingerprint density at radius 2 is 2.15 bits per heavy atom. The first-order valence-corrected chi connectivity index (χ1v) is 7.02. The first kappa shape index (κ1) is 13.3. The summed E-state index contributed by atoms with van der Waals surface area (Å²) >= 11 is 0. The van der Waals surface area contributed by atoms with Crippen molar-refractivity contribution in [1.29, 1.82) is 0 Å². The zero-order chi connectivity index (χ0) is 13.9. The Hall–Kier alpha value is -1.73. The highest BCUT2D eigenvalue weighted by molar-refractivity contribution is 5.45. The number of hydrogen-bond donors (Lipinski definition) is 1. The Morgan fingerprint density at radius 3 is 2.85 bits per heavy atom. The lowest BCUT2D eigenvalue weighted by molar-refractivity contribution is 0.213. The van der Waals surface area contributed by atoms with Crippen molar-refractivity contribution in [3.63, 3.8) is 0 Å². The predicted molar refractivity (Wildman–Crippen MR) is 73.7 cm³/mol. The molecule has 0 radical (unpaired) electrons. The fourth-order valence-corrected chi connectivity index (χ4v) is 2.55. The van der Waals surface area contributed by atoms with Gasteiger partial charge in [-0.25, -0.2) is 4.98 Å². The summed E-state index contributed by atoms with van der Waals surface area (Å²) in [6.45, 7) is 3.00. The minimum absolute atomic E-state index is 0.209. The van der Waals surface area contributed by atoms with Gasteiger partial charge < -0.3 is 19.7 Å². The summed E-state index contributed by atoms with van der Waals surface area (Å²) in [5.74, 6) is 1.03. The molecule has 7 heteroatoms. The van der Waals surface area contributed by atoms with E-state index in [0.29, 0.717) is 11.7 Å². The Morgan fingerprint density at radius 1 is 1.35 bits per heavy atom. The van der Waals surface area contributed by atoms with Gasteiger partial charge in [-0.2, -0.15) is 4.98 Å². The third-order valence-corrected chi connectivity index (χ3v) is 3.71. The molecule has 1 saturated heterocycles. The van der Waals surface area contributed by atoms with Gasteiger partial charge in [0.15, 0.2) is 5.82 Å². The van der Waals surface area contributed by atoms with E-state index in [1.807, 2.05) is 11.6 Å². The van der Waals surface area contributed by atoms with Crippen LogP contribution in [-0.2, 0) is 7.05 Å². The van der Waals surface area contributed by atoms with E-state index in [-0.39, 0.29) is 6.04 Å².